The zero-order valence-electron chi connectivity index (χ0n) is 11.5. The monoisotopic (exact) mass is 289 g/mol. The average Bonchev–Trinajstić information content (AvgIpc) is 3.00. The molecule has 0 unspecified atom stereocenters. The molecular weight excluding hydrogens is 274 g/mol. The van der Waals surface area contributed by atoms with Crippen LogP contribution < -0.4 is 5.32 Å². The predicted octanol–water partition coefficient (Wildman–Crippen LogP) is 1.45. The molecule has 7 nitrogen and oxygen atoms in total. The molecule has 0 radical (unpaired) electrons. The van der Waals surface area contributed by atoms with Crippen molar-refractivity contribution in [3.05, 3.63) is 39.4 Å². The van der Waals surface area contributed by atoms with Crippen LogP contribution in [0.1, 0.15) is 43.0 Å². The molecule has 0 aliphatic carbocycles. The molecule has 2 aliphatic heterocycles. The van der Waals surface area contributed by atoms with Crippen molar-refractivity contribution < 1.29 is 14.5 Å². The van der Waals surface area contributed by atoms with Crippen LogP contribution >= 0.6 is 0 Å². The van der Waals surface area contributed by atoms with Gasteiger partial charge in [-0.1, -0.05) is 0 Å². The number of benzene rings is 1. The summed E-state index contributed by atoms with van der Waals surface area (Å²) in [5.41, 5.74) is 1.92. The average molecular weight is 289 g/mol. The first-order valence-corrected chi connectivity index (χ1v) is 6.83. The van der Waals surface area contributed by atoms with E-state index in [1.807, 2.05) is 0 Å². The molecule has 3 rings (SSSR count). The minimum atomic E-state index is -0.421. The van der Waals surface area contributed by atoms with Crippen molar-refractivity contribution in [2.75, 3.05) is 6.54 Å². The van der Waals surface area contributed by atoms with E-state index in [0.717, 1.165) is 24.0 Å². The molecule has 1 saturated heterocycles. The van der Waals surface area contributed by atoms with E-state index in [0.29, 0.717) is 0 Å². The third-order valence-corrected chi connectivity index (χ3v) is 4.16. The van der Waals surface area contributed by atoms with Crippen molar-refractivity contribution in [3.63, 3.8) is 0 Å². The van der Waals surface area contributed by atoms with E-state index < -0.39 is 4.92 Å². The first kappa shape index (κ1) is 13.5. The second-order valence-electron chi connectivity index (χ2n) is 5.39. The second-order valence-corrected chi connectivity index (χ2v) is 5.39. The molecule has 1 N–H and O–H groups in total. The molecule has 110 valence electrons. The minimum Gasteiger partial charge on any atom is -0.347 e. The Labute approximate surface area is 121 Å². The number of carbonyl (C=O) groups excluding carboxylic acids is 2. The molecule has 1 aromatic carbocycles. The molecule has 7 heteroatoms. The van der Waals surface area contributed by atoms with Crippen molar-refractivity contribution in [1.29, 1.82) is 0 Å². The Morgan fingerprint density at radius 1 is 1.33 bits per heavy atom. The van der Waals surface area contributed by atoms with Gasteiger partial charge in [-0.3, -0.25) is 19.7 Å². The molecule has 2 bridgehead atoms. The van der Waals surface area contributed by atoms with E-state index in [1.54, 1.807) is 17.0 Å². The van der Waals surface area contributed by atoms with Crippen molar-refractivity contribution >= 4 is 17.5 Å². The molecular formula is C14H15N3O4. The van der Waals surface area contributed by atoms with Crippen LogP contribution in [0.4, 0.5) is 5.69 Å². The second kappa shape index (κ2) is 4.83. The lowest BCUT2D eigenvalue weighted by Gasteiger charge is -2.22. The van der Waals surface area contributed by atoms with E-state index in [9.17, 15) is 19.7 Å². The lowest BCUT2D eigenvalue weighted by molar-refractivity contribution is -0.384. The highest BCUT2D eigenvalue weighted by Crippen LogP contribution is 2.53. The highest BCUT2D eigenvalue weighted by Gasteiger charge is 2.46. The number of rotatable bonds is 3. The maximum Gasteiger partial charge on any atom is 0.269 e. The number of hydrogen-bond acceptors (Lipinski definition) is 4. The summed E-state index contributed by atoms with van der Waals surface area (Å²) in [7, 11) is 0. The van der Waals surface area contributed by atoms with Gasteiger partial charge in [-0.15, -0.1) is 0 Å². The van der Waals surface area contributed by atoms with Crippen molar-refractivity contribution in [2.45, 2.75) is 31.8 Å². The van der Waals surface area contributed by atoms with Crippen LogP contribution in [0.15, 0.2) is 18.2 Å². The van der Waals surface area contributed by atoms with Crippen LogP contribution in [0.2, 0.25) is 0 Å². The van der Waals surface area contributed by atoms with Crippen LogP contribution in [0.5, 0.6) is 0 Å². The van der Waals surface area contributed by atoms with E-state index in [4.69, 9.17) is 0 Å². The Hall–Kier alpha value is -2.44. The summed E-state index contributed by atoms with van der Waals surface area (Å²) in [4.78, 5) is 35.4. The van der Waals surface area contributed by atoms with E-state index >= 15 is 0 Å². The third-order valence-electron chi connectivity index (χ3n) is 4.16. The van der Waals surface area contributed by atoms with Crippen LogP contribution in [-0.4, -0.2) is 28.2 Å². The summed E-state index contributed by atoms with van der Waals surface area (Å²) in [6.07, 6.45) is 1.67. The molecule has 2 aliphatic rings. The maximum atomic E-state index is 12.3. The van der Waals surface area contributed by atoms with E-state index in [2.05, 4.69) is 5.32 Å². The summed E-state index contributed by atoms with van der Waals surface area (Å²) >= 11 is 0. The van der Waals surface area contributed by atoms with Crippen molar-refractivity contribution in [1.82, 2.24) is 10.2 Å². The number of fused-ring (bicyclic) bond motifs is 5. The summed E-state index contributed by atoms with van der Waals surface area (Å²) in [6.45, 7) is 1.34. The number of carbonyl (C=O) groups is 2. The molecule has 21 heavy (non-hydrogen) atoms. The van der Waals surface area contributed by atoms with Gasteiger partial charge >= 0.3 is 0 Å². The van der Waals surface area contributed by atoms with Gasteiger partial charge in [0.25, 0.3) is 5.69 Å². The van der Waals surface area contributed by atoms with E-state index in [1.165, 1.54) is 13.0 Å². The normalized spacial score (nSPS) is 22.0. The highest BCUT2D eigenvalue weighted by atomic mass is 16.6. The van der Waals surface area contributed by atoms with Gasteiger partial charge in [-0.2, -0.15) is 0 Å². The summed E-state index contributed by atoms with van der Waals surface area (Å²) in [5, 5.41) is 13.4. The Bertz CT molecular complexity index is 643. The highest BCUT2D eigenvalue weighted by molar-refractivity contribution is 5.85. The third kappa shape index (κ3) is 2.14. The predicted molar refractivity (Wildman–Crippen MR) is 73.3 cm³/mol. The number of nitrogens with zero attached hydrogens (tertiary/aromatic N) is 2. The van der Waals surface area contributed by atoms with Crippen LogP contribution in [0.3, 0.4) is 0 Å². The molecule has 0 spiro atoms. The number of non-ortho nitro benzene ring substituents is 1. The molecule has 0 aromatic heterocycles. The lowest BCUT2D eigenvalue weighted by Crippen LogP contribution is -2.37. The van der Waals surface area contributed by atoms with Crippen LogP contribution in [0.25, 0.3) is 0 Å². The number of hydrogen-bond donors (Lipinski definition) is 1. The van der Waals surface area contributed by atoms with Crippen LogP contribution in [-0.2, 0) is 9.59 Å². The molecule has 0 saturated carbocycles. The summed E-state index contributed by atoms with van der Waals surface area (Å²) in [6, 6.07) is 4.67. The van der Waals surface area contributed by atoms with Gasteiger partial charge in [0.15, 0.2) is 0 Å². The quantitative estimate of drug-likeness (QED) is 0.673. The SMILES string of the molecule is CC(=O)NCC(=O)N1[C@@H]2CC[C@H]1c1ccc([N+](=O)[O-])cc12. The van der Waals surface area contributed by atoms with Gasteiger partial charge in [-0.25, -0.2) is 0 Å². The Kier molecular flexibility index (Phi) is 3.12. The topological polar surface area (TPSA) is 92.6 Å². The standard InChI is InChI=1S/C14H15N3O4/c1-8(18)15-7-14(19)16-12-4-5-13(16)11-6-9(17(20)21)2-3-10(11)12/h2-3,6,12-13H,4-5,7H2,1H3,(H,15,18)/t12-,13+/m0/s1. The van der Waals surface area contributed by atoms with Gasteiger partial charge in [-0.05, 0) is 30.0 Å². The lowest BCUT2D eigenvalue weighted by atomic mass is 9.91. The first-order valence-electron chi connectivity index (χ1n) is 6.83. The molecule has 1 aromatic rings. The minimum absolute atomic E-state index is 0.0212. The largest absolute Gasteiger partial charge is 0.347 e. The Morgan fingerprint density at radius 2 is 2.00 bits per heavy atom. The van der Waals surface area contributed by atoms with Crippen molar-refractivity contribution in [2.24, 2.45) is 0 Å². The van der Waals surface area contributed by atoms with Gasteiger partial charge in [0.05, 0.1) is 23.6 Å². The molecule has 2 amide bonds. The fourth-order valence-electron chi connectivity index (χ4n) is 3.33. The van der Waals surface area contributed by atoms with E-state index in [-0.39, 0.29) is 36.1 Å². The Balaban J connectivity index is 1.86. The van der Waals surface area contributed by atoms with Gasteiger partial charge in [0, 0.05) is 19.1 Å². The molecule has 1 fully saturated rings. The smallest absolute Gasteiger partial charge is 0.269 e. The van der Waals surface area contributed by atoms with Gasteiger partial charge in [0.1, 0.15) is 0 Å². The zero-order valence-corrected chi connectivity index (χ0v) is 11.5. The fourth-order valence-corrected chi connectivity index (χ4v) is 3.33. The summed E-state index contributed by atoms with van der Waals surface area (Å²) in [5.74, 6) is -0.389. The number of nitro benzene ring substituents is 1. The maximum absolute atomic E-state index is 12.3. The van der Waals surface area contributed by atoms with Crippen molar-refractivity contribution in [3.8, 4) is 0 Å². The first-order chi connectivity index (χ1) is 9.99. The number of amides is 2. The van der Waals surface area contributed by atoms with Crippen LogP contribution in [0, 0.1) is 10.1 Å². The fraction of sp³-hybridized carbons (Fsp3) is 0.429. The number of nitrogens with one attached hydrogen (secondary N) is 1. The Morgan fingerprint density at radius 3 is 2.62 bits per heavy atom. The molecule has 2 atom stereocenters. The number of nitro groups is 1. The zero-order chi connectivity index (χ0) is 15.1. The summed E-state index contributed by atoms with van der Waals surface area (Å²) < 4.78 is 0. The van der Waals surface area contributed by atoms with Gasteiger partial charge < -0.3 is 10.2 Å². The van der Waals surface area contributed by atoms with Gasteiger partial charge in [0.2, 0.25) is 11.8 Å². The molecule has 2 heterocycles.